The summed E-state index contributed by atoms with van der Waals surface area (Å²) in [7, 11) is 0. The van der Waals surface area contributed by atoms with Crippen LogP contribution in [0.1, 0.15) is 5.56 Å². The number of carbonyl (C=O) groups is 1. The smallest absolute Gasteiger partial charge is 0.293 e. The largest absolute Gasteiger partial charge is 0.468 e. The molecule has 0 fully saturated rings. The minimum Gasteiger partial charge on any atom is -0.468 e. The van der Waals surface area contributed by atoms with Crippen molar-refractivity contribution in [2.24, 2.45) is 0 Å². The van der Waals surface area contributed by atoms with Crippen LogP contribution in [-0.4, -0.2) is 23.0 Å². The van der Waals surface area contributed by atoms with E-state index >= 15 is 0 Å². The fourth-order valence-electron chi connectivity index (χ4n) is 0.778. The second-order valence-electron chi connectivity index (χ2n) is 2.15. The van der Waals surface area contributed by atoms with Gasteiger partial charge in [-0.05, 0) is 0 Å². The van der Waals surface area contributed by atoms with Crippen LogP contribution in [0.15, 0.2) is 12.5 Å². The summed E-state index contributed by atoms with van der Waals surface area (Å²) < 4.78 is 4.50. The van der Waals surface area contributed by atoms with Crippen molar-refractivity contribution in [3.63, 3.8) is 0 Å². The van der Waals surface area contributed by atoms with Crippen LogP contribution in [0.5, 0.6) is 0 Å². The maximum absolute atomic E-state index is 9.80. The van der Waals surface area contributed by atoms with Crippen molar-refractivity contribution in [3.05, 3.63) is 18.1 Å². The molecule has 0 spiro atoms. The molecular formula is C7H9N3O2. The molecule has 1 heterocycles. The summed E-state index contributed by atoms with van der Waals surface area (Å²) in [6.07, 6.45) is 3.53. The molecule has 12 heavy (non-hydrogen) atoms. The van der Waals surface area contributed by atoms with E-state index in [1.807, 2.05) is 0 Å². The van der Waals surface area contributed by atoms with Crippen LogP contribution in [0.4, 0.5) is 5.82 Å². The third kappa shape index (κ3) is 2.19. The van der Waals surface area contributed by atoms with Crippen molar-refractivity contribution in [1.29, 1.82) is 0 Å². The fraction of sp³-hybridized carbons (Fsp3) is 0.286. The van der Waals surface area contributed by atoms with Crippen molar-refractivity contribution in [2.75, 3.05) is 12.3 Å². The molecule has 0 aliphatic rings. The quantitative estimate of drug-likeness (QED) is 0.495. The Morgan fingerprint density at radius 3 is 3.17 bits per heavy atom. The monoisotopic (exact) mass is 167 g/mol. The molecule has 0 radical (unpaired) electrons. The van der Waals surface area contributed by atoms with Gasteiger partial charge < -0.3 is 10.5 Å². The number of nitrogens with zero attached hydrogens (tertiary/aromatic N) is 2. The number of aromatic nitrogens is 2. The van der Waals surface area contributed by atoms with Gasteiger partial charge in [0.15, 0.2) is 0 Å². The molecule has 1 rings (SSSR count). The summed E-state index contributed by atoms with van der Waals surface area (Å²) in [6, 6.07) is 0. The average molecular weight is 167 g/mol. The van der Waals surface area contributed by atoms with Crippen molar-refractivity contribution >= 4 is 12.3 Å². The first-order chi connectivity index (χ1) is 5.84. The van der Waals surface area contributed by atoms with E-state index in [0.29, 0.717) is 25.3 Å². The molecule has 64 valence electrons. The Bertz CT molecular complexity index is 265. The van der Waals surface area contributed by atoms with Gasteiger partial charge in [0.05, 0.1) is 6.61 Å². The first kappa shape index (κ1) is 8.45. The zero-order chi connectivity index (χ0) is 8.81. The van der Waals surface area contributed by atoms with E-state index < -0.39 is 0 Å². The number of carbonyl (C=O) groups excluding carboxylic acids is 1. The molecular weight excluding hydrogens is 158 g/mol. The number of rotatable bonds is 4. The Morgan fingerprint density at radius 2 is 2.50 bits per heavy atom. The van der Waals surface area contributed by atoms with Crippen LogP contribution in [0.3, 0.4) is 0 Å². The molecule has 1 aromatic heterocycles. The highest BCUT2D eigenvalue weighted by Crippen LogP contribution is 2.05. The molecule has 0 saturated heterocycles. The fourth-order valence-corrected chi connectivity index (χ4v) is 0.778. The van der Waals surface area contributed by atoms with E-state index in [1.165, 1.54) is 6.33 Å². The van der Waals surface area contributed by atoms with Gasteiger partial charge in [-0.15, -0.1) is 0 Å². The summed E-state index contributed by atoms with van der Waals surface area (Å²) in [5, 5.41) is 0. The maximum atomic E-state index is 9.80. The van der Waals surface area contributed by atoms with E-state index in [9.17, 15) is 4.79 Å². The number of hydrogen-bond acceptors (Lipinski definition) is 5. The molecule has 2 N–H and O–H groups in total. The summed E-state index contributed by atoms with van der Waals surface area (Å²) in [4.78, 5) is 17.4. The summed E-state index contributed by atoms with van der Waals surface area (Å²) in [6.45, 7) is 0.709. The van der Waals surface area contributed by atoms with Crippen LogP contribution in [0.2, 0.25) is 0 Å². The second kappa shape index (κ2) is 4.27. The van der Waals surface area contributed by atoms with E-state index in [0.717, 1.165) is 5.56 Å². The van der Waals surface area contributed by atoms with Crippen LogP contribution in [0.25, 0.3) is 0 Å². The van der Waals surface area contributed by atoms with E-state index in [4.69, 9.17) is 5.73 Å². The molecule has 0 amide bonds. The lowest BCUT2D eigenvalue weighted by atomic mass is 10.2. The molecule has 5 nitrogen and oxygen atoms in total. The Hall–Kier alpha value is -1.65. The normalized spacial score (nSPS) is 9.33. The highest BCUT2D eigenvalue weighted by molar-refractivity contribution is 5.38. The number of nitrogens with two attached hydrogens (primary N) is 1. The molecule has 5 heteroatoms. The Morgan fingerprint density at radius 1 is 1.67 bits per heavy atom. The topological polar surface area (TPSA) is 78.1 Å². The van der Waals surface area contributed by atoms with Gasteiger partial charge in [-0.3, -0.25) is 4.79 Å². The average Bonchev–Trinajstić information content (AvgIpc) is 2.09. The number of ether oxygens (including phenoxy) is 1. The van der Waals surface area contributed by atoms with E-state index in [-0.39, 0.29) is 0 Å². The predicted octanol–water partition coefficient (Wildman–Crippen LogP) is -0.226. The second-order valence-corrected chi connectivity index (χ2v) is 2.15. The molecule has 0 bridgehead atoms. The van der Waals surface area contributed by atoms with Gasteiger partial charge in [-0.25, -0.2) is 9.97 Å². The SMILES string of the molecule is Nc1ncncc1CCOC=O. The lowest BCUT2D eigenvalue weighted by Gasteiger charge is -2.01. The number of nitrogen functional groups attached to an aromatic ring is 1. The molecule has 0 saturated carbocycles. The van der Waals surface area contributed by atoms with Crippen LogP contribution in [-0.2, 0) is 16.0 Å². The molecule has 0 atom stereocenters. The molecule has 0 aliphatic carbocycles. The Labute approximate surface area is 69.6 Å². The molecule has 1 aromatic rings. The first-order valence-corrected chi connectivity index (χ1v) is 3.44. The lowest BCUT2D eigenvalue weighted by molar-refractivity contribution is -0.128. The zero-order valence-corrected chi connectivity index (χ0v) is 6.43. The van der Waals surface area contributed by atoms with Gasteiger partial charge >= 0.3 is 0 Å². The van der Waals surface area contributed by atoms with Gasteiger partial charge in [-0.2, -0.15) is 0 Å². The number of hydrogen-bond donors (Lipinski definition) is 1. The Balaban J connectivity index is 2.51. The minimum absolute atomic E-state index is 0.307. The van der Waals surface area contributed by atoms with E-state index in [2.05, 4.69) is 14.7 Å². The maximum Gasteiger partial charge on any atom is 0.293 e. The van der Waals surface area contributed by atoms with Gasteiger partial charge in [0.25, 0.3) is 6.47 Å². The van der Waals surface area contributed by atoms with Crippen molar-refractivity contribution in [3.8, 4) is 0 Å². The van der Waals surface area contributed by atoms with Crippen molar-refractivity contribution in [1.82, 2.24) is 9.97 Å². The van der Waals surface area contributed by atoms with Gasteiger partial charge in [0.1, 0.15) is 12.1 Å². The third-order valence-corrected chi connectivity index (χ3v) is 1.38. The van der Waals surface area contributed by atoms with Gasteiger partial charge in [0.2, 0.25) is 0 Å². The lowest BCUT2D eigenvalue weighted by Crippen LogP contribution is -2.02. The highest BCUT2D eigenvalue weighted by Gasteiger charge is 1.98. The Kier molecular flexibility index (Phi) is 3.01. The van der Waals surface area contributed by atoms with Crippen LogP contribution >= 0.6 is 0 Å². The third-order valence-electron chi connectivity index (χ3n) is 1.38. The standard InChI is InChI=1S/C7H9N3O2/c8-7-6(1-2-12-5-11)3-9-4-10-7/h3-5H,1-2H2,(H2,8,9,10). The minimum atomic E-state index is 0.307. The summed E-state index contributed by atoms with van der Waals surface area (Å²) in [5.41, 5.74) is 6.30. The summed E-state index contributed by atoms with van der Waals surface area (Å²) >= 11 is 0. The molecule has 0 aromatic carbocycles. The van der Waals surface area contributed by atoms with Crippen LogP contribution < -0.4 is 5.73 Å². The van der Waals surface area contributed by atoms with Gasteiger partial charge in [0, 0.05) is 18.2 Å². The first-order valence-electron chi connectivity index (χ1n) is 3.44. The van der Waals surface area contributed by atoms with E-state index in [1.54, 1.807) is 6.20 Å². The highest BCUT2D eigenvalue weighted by atomic mass is 16.5. The predicted molar refractivity (Wildman–Crippen MR) is 42.2 cm³/mol. The number of anilines is 1. The summed E-state index contributed by atoms with van der Waals surface area (Å²) in [5.74, 6) is 0.430. The van der Waals surface area contributed by atoms with Gasteiger partial charge in [-0.1, -0.05) is 0 Å². The van der Waals surface area contributed by atoms with Crippen molar-refractivity contribution in [2.45, 2.75) is 6.42 Å². The molecule has 0 aliphatic heterocycles. The van der Waals surface area contributed by atoms with Crippen molar-refractivity contribution < 1.29 is 9.53 Å². The van der Waals surface area contributed by atoms with Crippen LogP contribution in [0, 0.1) is 0 Å². The zero-order valence-electron chi connectivity index (χ0n) is 6.43. The molecule has 0 unspecified atom stereocenters.